The number of nitrogens with zero attached hydrogens (tertiary/aromatic N) is 1. The van der Waals surface area contributed by atoms with Gasteiger partial charge in [-0.25, -0.2) is 4.39 Å². The molecule has 1 rings (SSSR count). The molecule has 0 bridgehead atoms. The summed E-state index contributed by atoms with van der Waals surface area (Å²) in [5.41, 5.74) is 0.228. The summed E-state index contributed by atoms with van der Waals surface area (Å²) in [6.07, 6.45) is 2.72. The van der Waals surface area contributed by atoms with Crippen LogP contribution in [-0.4, -0.2) is 41.5 Å². The number of aliphatic hydroxyl groups is 1. The average Bonchev–Trinajstić information content (AvgIpc) is 2.46. The highest BCUT2D eigenvalue weighted by Crippen LogP contribution is 2.09. The standard InChI is InChI=1S/C15H21FN2O3/c1-2-3-4-8-18(9-10-19)15(21)14(20)17-13-7-5-6-12(16)11-13/h5-7,11,19H,2-4,8-10H2,1H3,(H,17,20). The lowest BCUT2D eigenvalue weighted by molar-refractivity contribution is -0.143. The molecule has 21 heavy (non-hydrogen) atoms. The summed E-state index contributed by atoms with van der Waals surface area (Å²) in [6.45, 7) is 2.36. The zero-order valence-corrected chi connectivity index (χ0v) is 12.1. The minimum Gasteiger partial charge on any atom is -0.395 e. The van der Waals surface area contributed by atoms with E-state index in [0.717, 1.165) is 25.3 Å². The molecule has 6 heteroatoms. The van der Waals surface area contributed by atoms with E-state index in [1.165, 1.54) is 23.1 Å². The van der Waals surface area contributed by atoms with Gasteiger partial charge in [-0.1, -0.05) is 25.8 Å². The van der Waals surface area contributed by atoms with Gasteiger partial charge < -0.3 is 15.3 Å². The van der Waals surface area contributed by atoms with Crippen molar-refractivity contribution in [3.63, 3.8) is 0 Å². The Morgan fingerprint density at radius 2 is 2.05 bits per heavy atom. The van der Waals surface area contributed by atoms with E-state index in [9.17, 15) is 14.0 Å². The Bertz CT molecular complexity index is 480. The number of nitrogens with one attached hydrogen (secondary N) is 1. The van der Waals surface area contributed by atoms with Gasteiger partial charge in [0.15, 0.2) is 0 Å². The topological polar surface area (TPSA) is 69.6 Å². The zero-order valence-electron chi connectivity index (χ0n) is 12.1. The lowest BCUT2D eigenvalue weighted by Gasteiger charge is -2.21. The Kier molecular flexibility index (Phi) is 7.39. The summed E-state index contributed by atoms with van der Waals surface area (Å²) in [4.78, 5) is 25.2. The smallest absolute Gasteiger partial charge is 0.313 e. The fourth-order valence-corrected chi connectivity index (χ4v) is 1.88. The van der Waals surface area contributed by atoms with Crippen molar-refractivity contribution < 1.29 is 19.1 Å². The molecule has 2 amide bonds. The van der Waals surface area contributed by atoms with Crippen LogP contribution in [0.5, 0.6) is 0 Å². The van der Waals surface area contributed by atoms with E-state index in [4.69, 9.17) is 5.11 Å². The van der Waals surface area contributed by atoms with Crippen LogP contribution < -0.4 is 5.32 Å². The molecule has 0 unspecified atom stereocenters. The molecule has 1 aromatic carbocycles. The second-order valence-electron chi connectivity index (χ2n) is 4.69. The molecule has 0 aliphatic rings. The first kappa shape index (κ1) is 17.1. The Morgan fingerprint density at radius 3 is 2.67 bits per heavy atom. The number of hydrogen-bond donors (Lipinski definition) is 2. The molecule has 0 saturated carbocycles. The van der Waals surface area contributed by atoms with Gasteiger partial charge in [0, 0.05) is 18.8 Å². The fraction of sp³-hybridized carbons (Fsp3) is 0.467. The molecule has 0 heterocycles. The SMILES string of the molecule is CCCCCN(CCO)C(=O)C(=O)Nc1cccc(F)c1. The van der Waals surface area contributed by atoms with Crippen molar-refractivity contribution in [1.82, 2.24) is 4.90 Å². The van der Waals surface area contributed by atoms with Gasteiger partial charge in [-0.2, -0.15) is 0 Å². The average molecular weight is 296 g/mol. The molecule has 116 valence electrons. The molecule has 0 saturated heterocycles. The van der Waals surface area contributed by atoms with Crippen molar-refractivity contribution in [3.05, 3.63) is 30.1 Å². The van der Waals surface area contributed by atoms with Gasteiger partial charge in [-0.15, -0.1) is 0 Å². The van der Waals surface area contributed by atoms with Crippen LogP contribution in [0.3, 0.4) is 0 Å². The summed E-state index contributed by atoms with van der Waals surface area (Å²) in [5, 5.41) is 11.3. The van der Waals surface area contributed by atoms with Gasteiger partial charge in [0.25, 0.3) is 0 Å². The largest absolute Gasteiger partial charge is 0.395 e. The van der Waals surface area contributed by atoms with Crippen LogP contribution >= 0.6 is 0 Å². The van der Waals surface area contributed by atoms with Crippen LogP contribution in [0.1, 0.15) is 26.2 Å². The van der Waals surface area contributed by atoms with E-state index < -0.39 is 17.6 Å². The van der Waals surface area contributed by atoms with Crippen molar-refractivity contribution >= 4 is 17.5 Å². The Morgan fingerprint density at radius 1 is 1.29 bits per heavy atom. The molecule has 1 aromatic rings. The first-order valence-corrected chi connectivity index (χ1v) is 7.05. The van der Waals surface area contributed by atoms with Crippen LogP contribution in [0.2, 0.25) is 0 Å². The number of benzene rings is 1. The van der Waals surface area contributed by atoms with E-state index in [2.05, 4.69) is 5.32 Å². The number of unbranched alkanes of at least 4 members (excludes halogenated alkanes) is 2. The highest BCUT2D eigenvalue weighted by molar-refractivity contribution is 6.39. The molecule has 0 aromatic heterocycles. The lowest BCUT2D eigenvalue weighted by atomic mass is 10.2. The summed E-state index contributed by atoms with van der Waals surface area (Å²) in [6, 6.07) is 5.34. The molecular formula is C15H21FN2O3. The predicted octanol–water partition coefficient (Wildman–Crippen LogP) is 1.78. The predicted molar refractivity (Wildman–Crippen MR) is 78.2 cm³/mol. The molecule has 0 spiro atoms. The van der Waals surface area contributed by atoms with Gasteiger partial charge in [-0.3, -0.25) is 9.59 Å². The molecule has 0 aliphatic heterocycles. The number of rotatable bonds is 7. The molecule has 0 fully saturated rings. The maximum absolute atomic E-state index is 13.0. The van der Waals surface area contributed by atoms with E-state index in [-0.39, 0.29) is 18.8 Å². The minimum absolute atomic E-state index is 0.110. The van der Waals surface area contributed by atoms with Crippen LogP contribution in [0.25, 0.3) is 0 Å². The van der Waals surface area contributed by atoms with Gasteiger partial charge in [0.1, 0.15) is 5.82 Å². The summed E-state index contributed by atoms with van der Waals surface area (Å²) < 4.78 is 13.0. The third-order valence-electron chi connectivity index (χ3n) is 2.97. The van der Waals surface area contributed by atoms with Crippen molar-refractivity contribution in [2.24, 2.45) is 0 Å². The Labute approximate surface area is 123 Å². The van der Waals surface area contributed by atoms with E-state index in [1.54, 1.807) is 0 Å². The van der Waals surface area contributed by atoms with Gasteiger partial charge >= 0.3 is 11.8 Å². The van der Waals surface area contributed by atoms with Crippen LogP contribution in [0.15, 0.2) is 24.3 Å². The second-order valence-corrected chi connectivity index (χ2v) is 4.69. The van der Waals surface area contributed by atoms with Gasteiger partial charge in [0.2, 0.25) is 0 Å². The number of aliphatic hydroxyl groups excluding tert-OH is 1. The van der Waals surface area contributed by atoms with Crippen molar-refractivity contribution in [1.29, 1.82) is 0 Å². The fourth-order valence-electron chi connectivity index (χ4n) is 1.88. The lowest BCUT2D eigenvalue weighted by Crippen LogP contribution is -2.41. The van der Waals surface area contributed by atoms with Gasteiger partial charge in [-0.05, 0) is 24.6 Å². The number of carbonyl (C=O) groups excluding carboxylic acids is 2. The van der Waals surface area contributed by atoms with E-state index in [1.807, 2.05) is 6.92 Å². The zero-order chi connectivity index (χ0) is 15.7. The molecule has 0 radical (unpaired) electrons. The minimum atomic E-state index is -0.828. The number of anilines is 1. The van der Waals surface area contributed by atoms with Gasteiger partial charge in [0.05, 0.1) is 6.61 Å². The summed E-state index contributed by atoms with van der Waals surface area (Å²) >= 11 is 0. The molecular weight excluding hydrogens is 275 g/mol. The first-order valence-electron chi connectivity index (χ1n) is 7.05. The molecule has 0 atom stereocenters. The second kappa shape index (κ2) is 9.07. The number of amides is 2. The quantitative estimate of drug-likeness (QED) is 0.595. The maximum Gasteiger partial charge on any atom is 0.313 e. The summed E-state index contributed by atoms with van der Waals surface area (Å²) in [5.74, 6) is -2.04. The normalized spacial score (nSPS) is 10.2. The number of hydrogen-bond acceptors (Lipinski definition) is 3. The maximum atomic E-state index is 13.0. The number of halogens is 1. The van der Waals surface area contributed by atoms with Crippen LogP contribution in [0.4, 0.5) is 10.1 Å². The molecule has 2 N–H and O–H groups in total. The van der Waals surface area contributed by atoms with E-state index in [0.29, 0.717) is 6.54 Å². The highest BCUT2D eigenvalue weighted by Gasteiger charge is 2.21. The van der Waals surface area contributed by atoms with Crippen LogP contribution in [-0.2, 0) is 9.59 Å². The Hall–Kier alpha value is -1.95. The third kappa shape index (κ3) is 5.91. The third-order valence-corrected chi connectivity index (χ3v) is 2.97. The Balaban J connectivity index is 2.62. The van der Waals surface area contributed by atoms with E-state index >= 15 is 0 Å². The number of carbonyl (C=O) groups is 2. The highest BCUT2D eigenvalue weighted by atomic mass is 19.1. The monoisotopic (exact) mass is 296 g/mol. The van der Waals surface area contributed by atoms with Crippen molar-refractivity contribution in [2.75, 3.05) is 25.0 Å². The van der Waals surface area contributed by atoms with Crippen LogP contribution in [0, 0.1) is 5.82 Å². The molecule has 5 nitrogen and oxygen atoms in total. The van der Waals surface area contributed by atoms with Crippen molar-refractivity contribution in [3.8, 4) is 0 Å². The van der Waals surface area contributed by atoms with Crippen molar-refractivity contribution in [2.45, 2.75) is 26.2 Å². The molecule has 0 aliphatic carbocycles. The summed E-state index contributed by atoms with van der Waals surface area (Å²) in [7, 11) is 0. The first-order chi connectivity index (χ1) is 10.1.